The number of carbonyl (C=O) groups is 1. The van der Waals surface area contributed by atoms with Crippen molar-refractivity contribution < 1.29 is 9.63 Å². The van der Waals surface area contributed by atoms with Crippen LogP contribution in [0.15, 0.2) is 35.5 Å². The predicted octanol–water partition coefficient (Wildman–Crippen LogP) is 5.46. The molecule has 2 N–H and O–H groups in total. The monoisotopic (exact) mass is 425 g/mol. The first-order chi connectivity index (χ1) is 12.7. The average Bonchev–Trinajstić information content (AvgIpc) is 3.02. The van der Waals surface area contributed by atoms with E-state index in [0.717, 1.165) is 22.4 Å². The summed E-state index contributed by atoms with van der Waals surface area (Å²) in [5.41, 5.74) is 8.46. The van der Waals surface area contributed by atoms with Crippen molar-refractivity contribution >= 4 is 52.1 Å². The van der Waals surface area contributed by atoms with Crippen LogP contribution >= 0.6 is 34.8 Å². The quantitative estimate of drug-likeness (QED) is 0.638. The predicted molar refractivity (Wildman–Crippen MR) is 110 cm³/mol. The number of carbonyl (C=O) groups excluding carboxylic acids is 1. The summed E-state index contributed by atoms with van der Waals surface area (Å²) in [4.78, 5) is 16.9. The molecule has 0 radical (unpaired) electrons. The van der Waals surface area contributed by atoms with E-state index in [1.807, 2.05) is 32.0 Å². The number of nitrogens with one attached hydrogen (secondary N) is 2. The summed E-state index contributed by atoms with van der Waals surface area (Å²) in [5.74, 6) is -0.223. The van der Waals surface area contributed by atoms with E-state index in [1.165, 1.54) is 6.92 Å². The van der Waals surface area contributed by atoms with Crippen molar-refractivity contribution in [3.63, 3.8) is 0 Å². The Labute approximate surface area is 172 Å². The maximum atomic E-state index is 11.1. The molecule has 0 aliphatic carbocycles. The van der Waals surface area contributed by atoms with Gasteiger partial charge < -0.3 is 4.84 Å². The highest BCUT2D eigenvalue weighted by molar-refractivity contribution is 6.36. The Morgan fingerprint density at radius 1 is 1.15 bits per heavy atom. The zero-order valence-electron chi connectivity index (χ0n) is 15.0. The van der Waals surface area contributed by atoms with E-state index in [1.54, 1.807) is 12.1 Å². The smallest absolute Gasteiger partial charge is 0.235 e. The van der Waals surface area contributed by atoms with Gasteiger partial charge in [-0.3, -0.25) is 15.6 Å². The third-order valence-electron chi connectivity index (χ3n) is 4.43. The lowest BCUT2D eigenvalue weighted by Gasteiger charge is -2.23. The number of nitrogens with zero attached hydrogens (tertiary/aromatic N) is 1. The summed E-state index contributed by atoms with van der Waals surface area (Å²) in [6.07, 6.45) is 0.532. The Bertz CT molecular complexity index is 923. The average molecular weight is 427 g/mol. The number of amides is 1. The summed E-state index contributed by atoms with van der Waals surface area (Å²) in [6.45, 7) is 5.21. The Kier molecular flexibility index (Phi) is 5.56. The van der Waals surface area contributed by atoms with Gasteiger partial charge in [-0.15, -0.1) is 0 Å². The highest BCUT2D eigenvalue weighted by atomic mass is 35.5. The summed E-state index contributed by atoms with van der Waals surface area (Å²) in [5, 5.41) is 5.91. The van der Waals surface area contributed by atoms with Crippen LogP contribution in [0.4, 0.5) is 5.69 Å². The van der Waals surface area contributed by atoms with E-state index in [4.69, 9.17) is 39.6 Å². The highest BCUT2D eigenvalue weighted by Crippen LogP contribution is 2.40. The highest BCUT2D eigenvalue weighted by Gasteiger charge is 2.37. The third kappa shape index (κ3) is 4.15. The number of hydrazine groups is 1. The summed E-state index contributed by atoms with van der Waals surface area (Å²) >= 11 is 18.7. The van der Waals surface area contributed by atoms with E-state index in [0.29, 0.717) is 27.2 Å². The van der Waals surface area contributed by atoms with Gasteiger partial charge in [0.05, 0.1) is 16.4 Å². The molecule has 1 aliphatic heterocycles. The molecular formula is C19H18Cl3N3O2. The standard InChI is InChI=1S/C19H18Cl3N3O2/c1-10-15(21)7-13(8-16(10)22)19(3)9-18(25-27-19)12-4-5-14(20)17(6-12)24-23-11(2)26/h4-8,24H,9H2,1-3H3,(H,23,26). The number of rotatable bonds is 4. The van der Waals surface area contributed by atoms with E-state index in [2.05, 4.69) is 16.0 Å². The number of oxime groups is 1. The lowest BCUT2D eigenvalue weighted by Crippen LogP contribution is -2.26. The lowest BCUT2D eigenvalue weighted by molar-refractivity contribution is -0.118. The maximum Gasteiger partial charge on any atom is 0.235 e. The molecule has 1 aliphatic rings. The van der Waals surface area contributed by atoms with Crippen molar-refractivity contribution in [1.82, 2.24) is 5.43 Å². The van der Waals surface area contributed by atoms with Crippen LogP contribution in [0.1, 0.15) is 37.0 Å². The molecule has 0 aromatic heterocycles. The van der Waals surface area contributed by atoms with Crippen molar-refractivity contribution in [2.45, 2.75) is 32.8 Å². The number of halogens is 3. The van der Waals surface area contributed by atoms with E-state index in [9.17, 15) is 4.79 Å². The van der Waals surface area contributed by atoms with Gasteiger partial charge >= 0.3 is 0 Å². The van der Waals surface area contributed by atoms with Gasteiger partial charge in [-0.25, -0.2) is 0 Å². The van der Waals surface area contributed by atoms with Crippen molar-refractivity contribution in [2.75, 3.05) is 5.43 Å². The summed E-state index contributed by atoms with van der Waals surface area (Å²) in [6, 6.07) is 9.10. The molecule has 27 heavy (non-hydrogen) atoms. The van der Waals surface area contributed by atoms with Gasteiger partial charge in [0.15, 0.2) is 5.60 Å². The minimum Gasteiger partial charge on any atom is -0.384 e. The molecule has 2 aromatic rings. The van der Waals surface area contributed by atoms with Crippen LogP contribution in [0, 0.1) is 6.92 Å². The first kappa shape index (κ1) is 19.8. The molecule has 1 unspecified atom stereocenters. The molecule has 0 spiro atoms. The summed E-state index contributed by atoms with van der Waals surface area (Å²) < 4.78 is 0. The fraction of sp³-hybridized carbons (Fsp3) is 0.263. The molecule has 5 nitrogen and oxygen atoms in total. The second-order valence-corrected chi connectivity index (χ2v) is 7.82. The SMILES string of the molecule is CC(=O)NNc1cc(C2=NOC(C)(c3cc(Cl)c(C)c(Cl)c3)C2)ccc1Cl. The molecule has 1 heterocycles. The Hall–Kier alpha value is -1.95. The van der Waals surface area contributed by atoms with Crippen LogP contribution in [0.25, 0.3) is 0 Å². The van der Waals surface area contributed by atoms with Crippen LogP contribution in [0.5, 0.6) is 0 Å². The molecule has 0 saturated heterocycles. The number of anilines is 1. The largest absolute Gasteiger partial charge is 0.384 e. The van der Waals surface area contributed by atoms with E-state index < -0.39 is 5.60 Å². The number of benzene rings is 2. The zero-order valence-corrected chi connectivity index (χ0v) is 17.3. The van der Waals surface area contributed by atoms with Gasteiger partial charge in [0.25, 0.3) is 0 Å². The van der Waals surface area contributed by atoms with Crippen molar-refractivity contribution in [1.29, 1.82) is 0 Å². The Morgan fingerprint density at radius 3 is 2.44 bits per heavy atom. The summed E-state index contributed by atoms with van der Waals surface area (Å²) in [7, 11) is 0. The normalized spacial score (nSPS) is 18.7. The van der Waals surface area contributed by atoms with E-state index in [-0.39, 0.29) is 5.91 Å². The maximum absolute atomic E-state index is 11.1. The second-order valence-electron chi connectivity index (χ2n) is 6.60. The minimum atomic E-state index is -0.679. The Balaban J connectivity index is 1.85. The fourth-order valence-corrected chi connectivity index (χ4v) is 3.41. The molecular weight excluding hydrogens is 409 g/mol. The van der Waals surface area contributed by atoms with Crippen LogP contribution in [-0.2, 0) is 15.2 Å². The van der Waals surface area contributed by atoms with Gasteiger partial charge in [-0.1, -0.05) is 46.0 Å². The van der Waals surface area contributed by atoms with Gasteiger partial charge in [0.2, 0.25) is 5.91 Å². The molecule has 0 bridgehead atoms. The number of hydrogen-bond acceptors (Lipinski definition) is 4. The molecule has 2 aromatic carbocycles. The van der Waals surface area contributed by atoms with Gasteiger partial charge in [-0.05, 0) is 43.7 Å². The number of hydrogen-bond donors (Lipinski definition) is 2. The van der Waals surface area contributed by atoms with Crippen LogP contribution in [0.3, 0.4) is 0 Å². The van der Waals surface area contributed by atoms with Crippen molar-refractivity contribution in [3.8, 4) is 0 Å². The topological polar surface area (TPSA) is 62.7 Å². The van der Waals surface area contributed by atoms with Gasteiger partial charge in [-0.2, -0.15) is 0 Å². The molecule has 0 saturated carbocycles. The van der Waals surface area contributed by atoms with Crippen LogP contribution in [-0.4, -0.2) is 11.6 Å². The molecule has 3 rings (SSSR count). The first-order valence-electron chi connectivity index (χ1n) is 8.23. The lowest BCUT2D eigenvalue weighted by atomic mass is 9.88. The van der Waals surface area contributed by atoms with Crippen LogP contribution < -0.4 is 10.9 Å². The third-order valence-corrected chi connectivity index (χ3v) is 5.54. The zero-order chi connectivity index (χ0) is 19.8. The molecule has 1 amide bonds. The Morgan fingerprint density at radius 2 is 1.81 bits per heavy atom. The fourth-order valence-electron chi connectivity index (χ4n) is 2.76. The van der Waals surface area contributed by atoms with Crippen molar-refractivity contribution in [3.05, 3.63) is 62.1 Å². The molecule has 8 heteroatoms. The van der Waals surface area contributed by atoms with Gasteiger partial charge in [0, 0.05) is 34.5 Å². The molecule has 142 valence electrons. The van der Waals surface area contributed by atoms with Crippen molar-refractivity contribution in [2.24, 2.45) is 5.16 Å². The second kappa shape index (κ2) is 7.58. The van der Waals surface area contributed by atoms with Crippen LogP contribution in [0.2, 0.25) is 15.1 Å². The molecule has 0 fully saturated rings. The minimum absolute atomic E-state index is 0.223. The van der Waals surface area contributed by atoms with Gasteiger partial charge in [0.1, 0.15) is 0 Å². The molecule has 1 atom stereocenters. The first-order valence-corrected chi connectivity index (χ1v) is 9.37. The van der Waals surface area contributed by atoms with E-state index >= 15 is 0 Å².